The van der Waals surface area contributed by atoms with Gasteiger partial charge in [0.2, 0.25) is 0 Å². The van der Waals surface area contributed by atoms with Crippen molar-refractivity contribution in [1.82, 2.24) is 9.03 Å². The van der Waals surface area contributed by atoms with Gasteiger partial charge in [0.1, 0.15) is 5.75 Å². The second kappa shape index (κ2) is 5.63. The van der Waals surface area contributed by atoms with E-state index in [-0.39, 0.29) is 6.04 Å². The van der Waals surface area contributed by atoms with E-state index in [9.17, 15) is 8.42 Å². The Balaban J connectivity index is 1.56. The fraction of sp³-hybridized carbons (Fsp3) is 0.294. The lowest BCUT2D eigenvalue weighted by molar-refractivity contribution is 0.356. The number of hydrogen-bond donors (Lipinski definition) is 1. The fourth-order valence-corrected chi connectivity index (χ4v) is 4.51. The summed E-state index contributed by atoms with van der Waals surface area (Å²) >= 11 is 0. The zero-order valence-corrected chi connectivity index (χ0v) is 13.4. The van der Waals surface area contributed by atoms with E-state index in [1.165, 1.54) is 4.31 Å². The topological polar surface area (TPSA) is 58.6 Å². The molecular weight excluding hydrogens is 312 g/mol. The minimum absolute atomic E-state index is 0.213. The van der Waals surface area contributed by atoms with Crippen molar-refractivity contribution in [3.8, 4) is 5.75 Å². The molecule has 1 atom stereocenters. The lowest BCUT2D eigenvalue weighted by Gasteiger charge is -2.13. The van der Waals surface area contributed by atoms with E-state index < -0.39 is 10.2 Å². The summed E-state index contributed by atoms with van der Waals surface area (Å²) in [6.07, 6.45) is 0.885. The second-order valence-electron chi connectivity index (χ2n) is 5.92. The van der Waals surface area contributed by atoms with Gasteiger partial charge in [-0.05, 0) is 22.8 Å². The SMILES string of the molecule is O=S1(=O)NC(c2ccc3c(c2)CCO3)CN1Cc1ccccc1. The molecule has 0 aliphatic carbocycles. The summed E-state index contributed by atoms with van der Waals surface area (Å²) in [5, 5.41) is 0. The Kier molecular flexibility index (Phi) is 3.60. The van der Waals surface area contributed by atoms with Gasteiger partial charge >= 0.3 is 0 Å². The van der Waals surface area contributed by atoms with Gasteiger partial charge in [-0.2, -0.15) is 17.4 Å². The Labute approximate surface area is 136 Å². The van der Waals surface area contributed by atoms with Gasteiger partial charge in [0.05, 0.1) is 12.6 Å². The molecule has 2 aliphatic rings. The molecule has 2 aromatic rings. The average Bonchev–Trinajstić information content (AvgIpc) is 3.12. The lowest BCUT2D eigenvalue weighted by atomic mass is 10.0. The van der Waals surface area contributed by atoms with Gasteiger partial charge in [-0.3, -0.25) is 0 Å². The quantitative estimate of drug-likeness (QED) is 0.936. The highest BCUT2D eigenvalue weighted by Crippen LogP contribution is 2.31. The van der Waals surface area contributed by atoms with Crippen LogP contribution in [0.15, 0.2) is 48.5 Å². The van der Waals surface area contributed by atoms with E-state index in [0.29, 0.717) is 19.7 Å². The number of hydrogen-bond acceptors (Lipinski definition) is 3. The summed E-state index contributed by atoms with van der Waals surface area (Å²) in [6.45, 7) is 1.53. The molecule has 1 unspecified atom stereocenters. The third-order valence-corrected chi connectivity index (χ3v) is 5.88. The number of nitrogens with one attached hydrogen (secondary N) is 1. The number of rotatable bonds is 3. The first kappa shape index (κ1) is 14.7. The molecule has 0 spiro atoms. The highest BCUT2D eigenvalue weighted by atomic mass is 32.2. The molecule has 1 fully saturated rings. The predicted molar refractivity (Wildman–Crippen MR) is 87.3 cm³/mol. The van der Waals surface area contributed by atoms with E-state index in [4.69, 9.17) is 4.74 Å². The summed E-state index contributed by atoms with van der Waals surface area (Å²) in [5.74, 6) is 0.913. The second-order valence-corrected chi connectivity index (χ2v) is 7.62. The van der Waals surface area contributed by atoms with Crippen molar-refractivity contribution in [1.29, 1.82) is 0 Å². The summed E-state index contributed by atoms with van der Waals surface area (Å²) in [6, 6.07) is 15.4. The van der Waals surface area contributed by atoms with Gasteiger partial charge in [0.15, 0.2) is 0 Å². The van der Waals surface area contributed by atoms with Gasteiger partial charge in [0, 0.05) is 19.5 Å². The average molecular weight is 330 g/mol. The van der Waals surface area contributed by atoms with Crippen molar-refractivity contribution in [2.24, 2.45) is 0 Å². The van der Waals surface area contributed by atoms with Gasteiger partial charge < -0.3 is 4.74 Å². The van der Waals surface area contributed by atoms with Crippen LogP contribution in [0.25, 0.3) is 0 Å². The van der Waals surface area contributed by atoms with Crippen LogP contribution >= 0.6 is 0 Å². The maximum Gasteiger partial charge on any atom is 0.280 e. The molecule has 2 heterocycles. The van der Waals surface area contributed by atoms with Crippen LogP contribution in [0.4, 0.5) is 0 Å². The molecular formula is C17H18N2O3S. The van der Waals surface area contributed by atoms with Crippen LogP contribution in [-0.4, -0.2) is 25.9 Å². The number of ether oxygens (including phenoxy) is 1. The first-order valence-electron chi connectivity index (χ1n) is 7.69. The Morgan fingerprint density at radius 3 is 2.83 bits per heavy atom. The molecule has 120 valence electrons. The first-order chi connectivity index (χ1) is 11.1. The van der Waals surface area contributed by atoms with E-state index in [1.807, 2.05) is 42.5 Å². The maximum atomic E-state index is 12.4. The molecule has 23 heavy (non-hydrogen) atoms. The van der Waals surface area contributed by atoms with Gasteiger partial charge in [-0.1, -0.05) is 42.5 Å². The van der Waals surface area contributed by atoms with Crippen molar-refractivity contribution in [3.05, 3.63) is 65.2 Å². The Hall–Kier alpha value is -1.89. The van der Waals surface area contributed by atoms with Crippen molar-refractivity contribution in [2.45, 2.75) is 19.0 Å². The van der Waals surface area contributed by atoms with Crippen molar-refractivity contribution >= 4 is 10.2 Å². The van der Waals surface area contributed by atoms with E-state index in [2.05, 4.69) is 10.8 Å². The third kappa shape index (κ3) is 2.85. The molecule has 0 amide bonds. The molecule has 2 aromatic carbocycles. The van der Waals surface area contributed by atoms with Gasteiger partial charge in [-0.25, -0.2) is 0 Å². The summed E-state index contributed by atoms with van der Waals surface area (Å²) < 4.78 is 34.5. The molecule has 0 bridgehead atoms. The molecule has 0 saturated carbocycles. The number of nitrogens with zero attached hydrogens (tertiary/aromatic N) is 1. The Morgan fingerprint density at radius 2 is 2.00 bits per heavy atom. The van der Waals surface area contributed by atoms with Gasteiger partial charge in [-0.15, -0.1) is 0 Å². The van der Waals surface area contributed by atoms with Crippen LogP contribution in [0.2, 0.25) is 0 Å². The Bertz CT molecular complexity index is 821. The minimum atomic E-state index is -3.44. The maximum absolute atomic E-state index is 12.4. The van der Waals surface area contributed by atoms with E-state index >= 15 is 0 Å². The fourth-order valence-electron chi connectivity index (χ4n) is 3.13. The van der Waals surface area contributed by atoms with Crippen LogP contribution in [0.5, 0.6) is 5.75 Å². The molecule has 2 aliphatic heterocycles. The van der Waals surface area contributed by atoms with Crippen LogP contribution < -0.4 is 9.46 Å². The molecule has 1 saturated heterocycles. The largest absolute Gasteiger partial charge is 0.493 e. The Morgan fingerprint density at radius 1 is 1.17 bits per heavy atom. The minimum Gasteiger partial charge on any atom is -0.493 e. The van der Waals surface area contributed by atoms with Crippen LogP contribution in [0.3, 0.4) is 0 Å². The third-order valence-electron chi connectivity index (χ3n) is 4.33. The zero-order valence-electron chi connectivity index (χ0n) is 12.6. The summed E-state index contributed by atoms with van der Waals surface area (Å²) in [7, 11) is -3.44. The molecule has 0 radical (unpaired) electrons. The smallest absolute Gasteiger partial charge is 0.280 e. The first-order valence-corrected chi connectivity index (χ1v) is 9.13. The molecule has 5 nitrogen and oxygen atoms in total. The lowest BCUT2D eigenvalue weighted by Crippen LogP contribution is -2.29. The monoisotopic (exact) mass is 330 g/mol. The van der Waals surface area contributed by atoms with Crippen molar-refractivity contribution in [2.75, 3.05) is 13.2 Å². The van der Waals surface area contributed by atoms with E-state index in [1.54, 1.807) is 0 Å². The molecule has 0 aromatic heterocycles. The highest BCUT2D eigenvalue weighted by Gasteiger charge is 2.36. The van der Waals surface area contributed by atoms with Crippen LogP contribution in [0.1, 0.15) is 22.7 Å². The van der Waals surface area contributed by atoms with Gasteiger partial charge in [0.25, 0.3) is 10.2 Å². The van der Waals surface area contributed by atoms with Crippen molar-refractivity contribution < 1.29 is 13.2 Å². The standard InChI is InChI=1S/C17H18N2O3S/c20-23(21)18-16(12-19(23)11-13-4-2-1-3-5-13)14-6-7-17-15(10-14)8-9-22-17/h1-7,10,16,18H,8-9,11-12H2. The highest BCUT2D eigenvalue weighted by molar-refractivity contribution is 7.87. The zero-order chi connectivity index (χ0) is 15.9. The van der Waals surface area contributed by atoms with Crippen LogP contribution in [-0.2, 0) is 23.2 Å². The normalized spacial score (nSPS) is 22.7. The predicted octanol–water partition coefficient (Wildman–Crippen LogP) is 2.01. The number of benzene rings is 2. The van der Waals surface area contributed by atoms with E-state index in [0.717, 1.165) is 28.9 Å². The van der Waals surface area contributed by atoms with Crippen molar-refractivity contribution in [3.63, 3.8) is 0 Å². The molecule has 6 heteroatoms. The van der Waals surface area contributed by atoms with Crippen LogP contribution in [0, 0.1) is 0 Å². The summed E-state index contributed by atoms with van der Waals surface area (Å²) in [4.78, 5) is 0. The number of fused-ring (bicyclic) bond motifs is 1. The summed E-state index contributed by atoms with van der Waals surface area (Å²) in [5.41, 5.74) is 3.14. The molecule has 1 N–H and O–H groups in total. The molecule has 4 rings (SSSR count).